The molecule has 1 atom stereocenters. The van der Waals surface area contributed by atoms with E-state index in [0.717, 1.165) is 12.1 Å². The van der Waals surface area contributed by atoms with E-state index in [-0.39, 0.29) is 35.3 Å². The fourth-order valence-corrected chi connectivity index (χ4v) is 3.29. The number of anilines is 1. The van der Waals surface area contributed by atoms with Crippen LogP contribution in [-0.2, 0) is 15.9 Å². The van der Waals surface area contributed by atoms with E-state index in [4.69, 9.17) is 25.8 Å². The Kier molecular flexibility index (Phi) is 10.1. The third kappa shape index (κ3) is 9.92. The number of aromatic nitrogens is 1. The molecule has 204 valence electrons. The summed E-state index contributed by atoms with van der Waals surface area (Å²) in [6.07, 6.45) is -1.94. The summed E-state index contributed by atoms with van der Waals surface area (Å²) in [5, 5.41) is 4.99. The molecule has 0 unspecified atom stereocenters. The molecule has 2 amide bonds. The van der Waals surface area contributed by atoms with Crippen LogP contribution >= 0.6 is 27.5 Å². The average molecular weight is 611 g/mol. The molecule has 0 aliphatic rings. The van der Waals surface area contributed by atoms with Crippen molar-refractivity contribution < 1.29 is 37.0 Å². The summed E-state index contributed by atoms with van der Waals surface area (Å²) in [6.45, 7) is 9.68. The zero-order valence-corrected chi connectivity index (χ0v) is 23.4. The highest BCUT2D eigenvalue weighted by molar-refractivity contribution is 9.10. The minimum atomic E-state index is -1.64. The quantitative estimate of drug-likeness (QED) is 0.265. The summed E-state index contributed by atoms with van der Waals surface area (Å²) < 4.78 is 58.1. The molecule has 0 saturated heterocycles. The first kappa shape index (κ1) is 30.5. The average Bonchev–Trinajstić information content (AvgIpc) is 2.72. The molecule has 0 aliphatic carbocycles. The fourth-order valence-electron chi connectivity index (χ4n) is 2.85. The lowest BCUT2D eigenvalue weighted by Gasteiger charge is -2.24. The number of pyridine rings is 1. The van der Waals surface area contributed by atoms with E-state index in [1.807, 2.05) is 0 Å². The summed E-state index contributed by atoms with van der Waals surface area (Å²) in [4.78, 5) is 28.7. The molecular formula is C24H28BrClF3N3O5. The Bertz CT molecular complexity index is 1160. The molecule has 1 aromatic heterocycles. The fraction of sp³-hybridized carbons (Fsp3) is 0.458. The molecule has 0 aliphatic heterocycles. The van der Waals surface area contributed by atoms with Gasteiger partial charge in [0.1, 0.15) is 23.0 Å². The molecule has 0 radical (unpaired) electrons. The Morgan fingerprint density at radius 3 is 2.22 bits per heavy atom. The summed E-state index contributed by atoms with van der Waals surface area (Å²) in [6, 6.07) is 2.29. The Labute approximate surface area is 226 Å². The lowest BCUT2D eigenvalue weighted by Crippen LogP contribution is -2.43. The van der Waals surface area contributed by atoms with Crippen molar-refractivity contribution in [2.75, 3.05) is 11.9 Å². The van der Waals surface area contributed by atoms with E-state index in [9.17, 15) is 22.8 Å². The van der Waals surface area contributed by atoms with Gasteiger partial charge in [0.15, 0.2) is 29.0 Å². The lowest BCUT2D eigenvalue weighted by molar-refractivity contribution is 0.0487. The van der Waals surface area contributed by atoms with Crippen LogP contribution in [0.3, 0.4) is 0 Å². The Hall–Kier alpha value is -2.73. The first-order chi connectivity index (χ1) is 16.9. The van der Waals surface area contributed by atoms with Crippen LogP contribution in [-0.4, -0.2) is 41.0 Å². The van der Waals surface area contributed by atoms with Crippen molar-refractivity contribution in [3.8, 4) is 5.75 Å². The second-order valence-corrected chi connectivity index (χ2v) is 11.1. The Balaban J connectivity index is 2.30. The van der Waals surface area contributed by atoms with Gasteiger partial charge in [-0.3, -0.25) is 5.32 Å². The number of nitrogens with zero attached hydrogens (tertiary/aromatic N) is 1. The van der Waals surface area contributed by atoms with Crippen LogP contribution in [0.15, 0.2) is 22.7 Å². The summed E-state index contributed by atoms with van der Waals surface area (Å²) in [5.74, 6) is -4.42. The molecule has 2 rings (SSSR count). The number of carbonyl (C=O) groups excluding carboxylic acids is 2. The standard InChI is InChI=1S/C24H28BrClF3N3O5/c1-23(2,3)36-21(33)30-13(9-12-7-8-15(27)18(29)17(12)28)11-35-16-10-14(25)19(26)31-20(16)32-22(34)37-24(4,5)6/h7-8,10,13H,9,11H2,1-6H3,(H,30,33)(H,31,32,34)/t13-/m0/s1. The molecule has 1 aromatic carbocycles. The molecule has 2 N–H and O–H groups in total. The highest BCUT2D eigenvalue weighted by Gasteiger charge is 2.24. The van der Waals surface area contributed by atoms with Crippen molar-refractivity contribution >= 4 is 45.5 Å². The molecule has 0 fully saturated rings. The predicted molar refractivity (Wildman–Crippen MR) is 135 cm³/mol. The second-order valence-electron chi connectivity index (χ2n) is 9.93. The molecule has 0 spiro atoms. The number of hydrogen-bond acceptors (Lipinski definition) is 6. The molecule has 0 bridgehead atoms. The van der Waals surface area contributed by atoms with Crippen molar-refractivity contribution in [1.29, 1.82) is 0 Å². The van der Waals surface area contributed by atoms with E-state index in [1.54, 1.807) is 41.5 Å². The molecule has 13 heteroatoms. The number of benzene rings is 1. The van der Waals surface area contributed by atoms with Gasteiger partial charge in [-0.1, -0.05) is 17.7 Å². The van der Waals surface area contributed by atoms with Crippen molar-refractivity contribution in [2.45, 2.75) is 65.2 Å². The first-order valence-corrected chi connectivity index (χ1v) is 12.2. The van der Waals surface area contributed by atoms with E-state index in [1.165, 1.54) is 6.07 Å². The minimum absolute atomic E-state index is 0.0192. The van der Waals surface area contributed by atoms with Crippen LogP contribution < -0.4 is 15.4 Å². The summed E-state index contributed by atoms with van der Waals surface area (Å²) in [7, 11) is 0. The van der Waals surface area contributed by atoms with Gasteiger partial charge in [-0.25, -0.2) is 27.7 Å². The number of hydrogen-bond donors (Lipinski definition) is 2. The molecule has 1 heterocycles. The lowest BCUT2D eigenvalue weighted by atomic mass is 10.1. The van der Waals surface area contributed by atoms with Gasteiger partial charge in [-0.2, -0.15) is 0 Å². The number of amides is 2. The van der Waals surface area contributed by atoms with Crippen LogP contribution in [0.2, 0.25) is 5.15 Å². The van der Waals surface area contributed by atoms with Crippen LogP contribution in [0.5, 0.6) is 5.75 Å². The normalized spacial score (nSPS) is 12.5. The van der Waals surface area contributed by atoms with Crippen LogP contribution in [0.1, 0.15) is 47.1 Å². The number of nitrogens with one attached hydrogen (secondary N) is 2. The van der Waals surface area contributed by atoms with Gasteiger partial charge in [0.2, 0.25) is 0 Å². The van der Waals surface area contributed by atoms with E-state index in [0.29, 0.717) is 4.47 Å². The number of carbonyl (C=O) groups is 2. The molecular weight excluding hydrogens is 583 g/mol. The van der Waals surface area contributed by atoms with Crippen molar-refractivity contribution in [1.82, 2.24) is 10.3 Å². The number of halogens is 5. The number of alkyl carbamates (subject to hydrolysis) is 1. The van der Waals surface area contributed by atoms with Gasteiger partial charge in [0.05, 0.1) is 10.5 Å². The van der Waals surface area contributed by atoms with Crippen LogP contribution in [0.25, 0.3) is 0 Å². The maximum Gasteiger partial charge on any atom is 0.413 e. The highest BCUT2D eigenvalue weighted by Crippen LogP contribution is 2.32. The SMILES string of the molecule is CC(C)(C)OC(=O)Nc1nc(Cl)c(Br)cc1OC[C@H](Cc1ccc(F)c(F)c1F)NC(=O)OC(C)(C)C. The van der Waals surface area contributed by atoms with Gasteiger partial charge >= 0.3 is 12.2 Å². The topological polar surface area (TPSA) is 98.8 Å². The van der Waals surface area contributed by atoms with Crippen molar-refractivity contribution in [3.63, 3.8) is 0 Å². The van der Waals surface area contributed by atoms with Gasteiger partial charge in [0.25, 0.3) is 0 Å². The third-order valence-corrected chi connectivity index (χ3v) is 5.38. The highest BCUT2D eigenvalue weighted by atomic mass is 79.9. The summed E-state index contributed by atoms with van der Waals surface area (Å²) in [5.41, 5.74) is -1.83. The molecule has 8 nitrogen and oxygen atoms in total. The predicted octanol–water partition coefficient (Wildman–Crippen LogP) is 6.78. The first-order valence-electron chi connectivity index (χ1n) is 11.1. The van der Waals surface area contributed by atoms with Crippen molar-refractivity contribution in [3.05, 3.63) is 50.8 Å². The number of ether oxygens (including phenoxy) is 3. The summed E-state index contributed by atoms with van der Waals surface area (Å²) >= 11 is 9.28. The van der Waals surface area contributed by atoms with Crippen molar-refractivity contribution in [2.24, 2.45) is 0 Å². The smallest absolute Gasteiger partial charge is 0.413 e. The van der Waals surface area contributed by atoms with Gasteiger partial charge in [-0.05, 0) is 75.5 Å². The number of rotatable bonds is 7. The third-order valence-electron chi connectivity index (χ3n) is 4.26. The zero-order valence-electron chi connectivity index (χ0n) is 21.1. The Morgan fingerprint density at radius 2 is 1.62 bits per heavy atom. The minimum Gasteiger partial charge on any atom is -0.487 e. The van der Waals surface area contributed by atoms with Gasteiger partial charge < -0.3 is 19.5 Å². The second kappa shape index (κ2) is 12.2. The van der Waals surface area contributed by atoms with Crippen LogP contribution in [0, 0.1) is 17.5 Å². The molecule has 37 heavy (non-hydrogen) atoms. The molecule has 0 saturated carbocycles. The van der Waals surface area contributed by atoms with E-state index in [2.05, 4.69) is 31.5 Å². The van der Waals surface area contributed by atoms with E-state index < -0.39 is 46.9 Å². The Morgan fingerprint density at radius 1 is 1.03 bits per heavy atom. The van der Waals surface area contributed by atoms with Gasteiger partial charge in [-0.15, -0.1) is 0 Å². The van der Waals surface area contributed by atoms with Gasteiger partial charge in [0, 0.05) is 6.07 Å². The van der Waals surface area contributed by atoms with E-state index >= 15 is 0 Å². The van der Waals surface area contributed by atoms with Crippen LogP contribution in [0.4, 0.5) is 28.6 Å². The maximum absolute atomic E-state index is 14.3. The maximum atomic E-state index is 14.3. The largest absolute Gasteiger partial charge is 0.487 e. The molecule has 2 aromatic rings. The monoisotopic (exact) mass is 609 g/mol. The zero-order chi connectivity index (χ0) is 28.1.